The van der Waals surface area contributed by atoms with Crippen molar-refractivity contribution in [2.24, 2.45) is 5.73 Å². The number of rotatable bonds is 8. The van der Waals surface area contributed by atoms with Crippen LogP contribution in [0.4, 0.5) is 0 Å². The van der Waals surface area contributed by atoms with E-state index in [1.165, 1.54) is 25.3 Å². The highest BCUT2D eigenvalue weighted by atomic mass is 16.7. The fraction of sp³-hybridized carbons (Fsp3) is 0.371. The van der Waals surface area contributed by atoms with Crippen molar-refractivity contribution in [1.29, 1.82) is 0 Å². The highest BCUT2D eigenvalue weighted by molar-refractivity contribution is 6.31. The Balaban J connectivity index is 1.39. The molecule has 3 aromatic rings. The highest BCUT2D eigenvalue weighted by Gasteiger charge is 2.50. The number of nitrogens with two attached hydrogens (primary N) is 1. The first-order chi connectivity index (χ1) is 22.8. The van der Waals surface area contributed by atoms with Crippen LogP contribution in [0.5, 0.6) is 17.2 Å². The third kappa shape index (κ3) is 5.73. The van der Waals surface area contributed by atoms with Gasteiger partial charge in [-0.25, -0.2) is 0 Å². The Morgan fingerprint density at radius 3 is 2.40 bits per heavy atom. The Morgan fingerprint density at radius 2 is 1.71 bits per heavy atom. The van der Waals surface area contributed by atoms with Crippen LogP contribution in [0.15, 0.2) is 48.5 Å². The molecule has 2 aliphatic carbocycles. The van der Waals surface area contributed by atoms with Gasteiger partial charge in [-0.2, -0.15) is 0 Å². The van der Waals surface area contributed by atoms with Crippen LogP contribution < -0.4 is 10.5 Å². The second-order valence-corrected chi connectivity index (χ2v) is 12.3. The van der Waals surface area contributed by atoms with E-state index in [1.807, 2.05) is 0 Å². The SMILES string of the molecule is COc1cccc2c1C(=O)c1c(O)c3c(c(O)c1C2=O)CC(O)(C(=O)COC(=O)Cc1ccccc1)CC3OC1CC(N)C(O)C(C)O1. The van der Waals surface area contributed by atoms with E-state index in [9.17, 15) is 39.6 Å². The van der Waals surface area contributed by atoms with Crippen molar-refractivity contribution in [3.63, 3.8) is 0 Å². The maximum absolute atomic E-state index is 13.9. The van der Waals surface area contributed by atoms with Gasteiger partial charge in [0.25, 0.3) is 0 Å². The number of carbonyl (C=O) groups excluding carboxylic acids is 4. The molecule has 0 bridgehead atoms. The third-order valence-corrected chi connectivity index (χ3v) is 9.22. The first kappa shape index (κ1) is 33.2. The highest BCUT2D eigenvalue weighted by Crippen LogP contribution is 2.52. The number of methoxy groups -OCH3 is 1. The monoisotopic (exact) mass is 661 g/mol. The fourth-order valence-corrected chi connectivity index (χ4v) is 6.70. The molecule has 6 unspecified atom stereocenters. The quantitative estimate of drug-likeness (QED) is 0.135. The van der Waals surface area contributed by atoms with Crippen LogP contribution in [0, 0.1) is 0 Å². The van der Waals surface area contributed by atoms with E-state index in [-0.39, 0.29) is 40.8 Å². The third-order valence-electron chi connectivity index (χ3n) is 9.22. The van der Waals surface area contributed by atoms with Gasteiger partial charge in [0.1, 0.15) is 22.8 Å². The molecule has 3 aliphatic rings. The summed E-state index contributed by atoms with van der Waals surface area (Å²) in [6.45, 7) is 0.758. The number of ketones is 3. The topological polar surface area (TPSA) is 212 Å². The molecule has 1 fully saturated rings. The Morgan fingerprint density at radius 1 is 1.00 bits per heavy atom. The predicted molar refractivity (Wildman–Crippen MR) is 166 cm³/mol. The summed E-state index contributed by atoms with van der Waals surface area (Å²) in [7, 11) is 1.32. The van der Waals surface area contributed by atoms with Crippen LogP contribution in [-0.2, 0) is 36.6 Å². The number of aliphatic hydroxyl groups excluding tert-OH is 1. The van der Waals surface area contributed by atoms with Gasteiger partial charge in [0.05, 0.1) is 48.5 Å². The number of benzene rings is 3. The van der Waals surface area contributed by atoms with Crippen LogP contribution >= 0.6 is 0 Å². The van der Waals surface area contributed by atoms with Crippen molar-refractivity contribution in [1.82, 2.24) is 0 Å². The number of carbonyl (C=O) groups is 4. The van der Waals surface area contributed by atoms with E-state index in [0.717, 1.165) is 0 Å². The number of hydrogen-bond donors (Lipinski definition) is 5. The molecule has 6 rings (SSSR count). The Hall–Kier alpha value is -4.66. The second-order valence-electron chi connectivity index (χ2n) is 12.3. The molecule has 6 N–H and O–H groups in total. The maximum Gasteiger partial charge on any atom is 0.310 e. The van der Waals surface area contributed by atoms with Crippen molar-refractivity contribution in [3.05, 3.63) is 87.5 Å². The van der Waals surface area contributed by atoms with Gasteiger partial charge in [0, 0.05) is 42.0 Å². The summed E-state index contributed by atoms with van der Waals surface area (Å²) >= 11 is 0. The summed E-state index contributed by atoms with van der Waals surface area (Å²) in [5.74, 6) is -4.55. The van der Waals surface area contributed by atoms with Gasteiger partial charge in [-0.1, -0.05) is 42.5 Å². The molecule has 3 aromatic carbocycles. The van der Waals surface area contributed by atoms with Gasteiger partial charge < -0.3 is 45.1 Å². The molecule has 6 atom stereocenters. The molecule has 0 aromatic heterocycles. The molecule has 1 heterocycles. The zero-order valence-electron chi connectivity index (χ0n) is 26.2. The van der Waals surface area contributed by atoms with Gasteiger partial charge in [-0.15, -0.1) is 0 Å². The summed E-state index contributed by atoms with van der Waals surface area (Å²) in [5, 5.41) is 45.4. The molecule has 0 amide bonds. The van der Waals surface area contributed by atoms with Crippen LogP contribution in [0.2, 0.25) is 0 Å². The van der Waals surface area contributed by atoms with E-state index < -0.39 is 102 Å². The Kier molecular flexibility index (Phi) is 8.83. The average molecular weight is 662 g/mol. The second kappa shape index (κ2) is 12.7. The van der Waals surface area contributed by atoms with Gasteiger partial charge in [0.15, 0.2) is 18.7 Å². The van der Waals surface area contributed by atoms with Crippen LogP contribution in [0.1, 0.15) is 74.4 Å². The molecule has 1 saturated heterocycles. The molecular formula is C35H35NO12. The minimum Gasteiger partial charge on any atom is -0.507 e. The summed E-state index contributed by atoms with van der Waals surface area (Å²) in [6.07, 6.45) is -5.54. The minimum atomic E-state index is -2.33. The zero-order chi connectivity index (χ0) is 34.5. The van der Waals surface area contributed by atoms with E-state index in [4.69, 9.17) is 24.7 Å². The number of phenolic OH excluding ortho intramolecular Hbond substituents is 2. The lowest BCUT2D eigenvalue weighted by atomic mass is 9.72. The van der Waals surface area contributed by atoms with Crippen LogP contribution in [-0.4, -0.2) is 87.6 Å². The fourth-order valence-electron chi connectivity index (χ4n) is 6.70. The average Bonchev–Trinajstić information content (AvgIpc) is 3.06. The van der Waals surface area contributed by atoms with E-state index in [1.54, 1.807) is 37.3 Å². The van der Waals surface area contributed by atoms with Crippen LogP contribution in [0.3, 0.4) is 0 Å². The maximum atomic E-state index is 13.9. The van der Waals surface area contributed by atoms with Crippen molar-refractivity contribution in [2.75, 3.05) is 13.7 Å². The number of hydrogen-bond acceptors (Lipinski definition) is 13. The minimum absolute atomic E-state index is 0.0134. The molecule has 13 heteroatoms. The lowest BCUT2D eigenvalue weighted by molar-refractivity contribution is -0.247. The van der Waals surface area contributed by atoms with Gasteiger partial charge in [0.2, 0.25) is 11.6 Å². The summed E-state index contributed by atoms with van der Waals surface area (Å²) in [4.78, 5) is 53.7. The van der Waals surface area contributed by atoms with Crippen molar-refractivity contribution in [3.8, 4) is 17.2 Å². The molecule has 0 radical (unpaired) electrons. The number of phenols is 2. The molecule has 1 aliphatic heterocycles. The molecule has 0 saturated carbocycles. The first-order valence-corrected chi connectivity index (χ1v) is 15.4. The standard InChI is InChI=1S/C35H35NO12/c1-16-30(39)20(36)12-25(47-16)48-22-14-35(44,23(37)15-46-24(38)11-17-7-4-3-5-8-17)13-19-27(22)34(43)29-28(32(19)41)31(40)18-9-6-10-21(45-2)26(18)33(29)42/h3-10,16,20,22,25,30,39,41,43-44H,11-15,36H2,1-2H3. The van der Waals surface area contributed by atoms with Gasteiger partial charge >= 0.3 is 5.97 Å². The van der Waals surface area contributed by atoms with Crippen LogP contribution in [0.25, 0.3) is 0 Å². The summed E-state index contributed by atoms with van der Waals surface area (Å²) in [5.41, 5.74) is 2.90. The molecular weight excluding hydrogens is 626 g/mol. The summed E-state index contributed by atoms with van der Waals surface area (Å²) in [6, 6.07) is 12.3. The van der Waals surface area contributed by atoms with Crippen molar-refractivity contribution >= 4 is 23.3 Å². The van der Waals surface area contributed by atoms with E-state index in [0.29, 0.717) is 5.56 Å². The van der Waals surface area contributed by atoms with Gasteiger partial charge in [-0.05, 0) is 18.6 Å². The van der Waals surface area contributed by atoms with E-state index in [2.05, 4.69) is 0 Å². The van der Waals surface area contributed by atoms with Crippen molar-refractivity contribution in [2.45, 2.75) is 68.9 Å². The number of Topliss-reactive ketones (excluding diaryl/α,β-unsaturated/α-hetero) is 1. The normalized spacial score (nSPS) is 26.2. The largest absolute Gasteiger partial charge is 0.507 e. The molecule has 13 nitrogen and oxygen atoms in total. The van der Waals surface area contributed by atoms with Crippen molar-refractivity contribution < 1.29 is 58.6 Å². The number of esters is 1. The Bertz CT molecular complexity index is 1790. The lowest BCUT2D eigenvalue weighted by Crippen LogP contribution is -2.53. The summed E-state index contributed by atoms with van der Waals surface area (Å²) < 4.78 is 22.5. The lowest BCUT2D eigenvalue weighted by Gasteiger charge is -2.42. The molecule has 252 valence electrons. The number of aliphatic hydroxyl groups is 2. The predicted octanol–water partition coefficient (Wildman–Crippen LogP) is 1.79. The smallest absolute Gasteiger partial charge is 0.310 e. The zero-order valence-corrected chi connectivity index (χ0v) is 26.2. The number of aromatic hydroxyl groups is 2. The van der Waals surface area contributed by atoms with E-state index >= 15 is 0 Å². The number of ether oxygens (including phenoxy) is 4. The number of fused-ring (bicyclic) bond motifs is 3. The van der Waals surface area contributed by atoms with Gasteiger partial charge in [-0.3, -0.25) is 19.2 Å². The molecule has 0 spiro atoms. The Labute approximate surface area is 274 Å². The first-order valence-electron chi connectivity index (χ1n) is 15.4. The molecule has 48 heavy (non-hydrogen) atoms.